The topological polar surface area (TPSA) is 53.5 Å². The molecular formula is C24H27F2N5O. The summed E-state index contributed by atoms with van der Waals surface area (Å²) in [4.78, 5) is 13.8. The Kier molecular flexibility index (Phi) is 5.78. The molecule has 2 aromatic heterocycles. The van der Waals surface area contributed by atoms with E-state index in [-0.39, 0.29) is 5.39 Å². The molecule has 0 unspecified atom stereocenters. The molecule has 0 amide bonds. The van der Waals surface area contributed by atoms with Crippen molar-refractivity contribution in [1.82, 2.24) is 9.97 Å². The Morgan fingerprint density at radius 3 is 2.50 bits per heavy atom. The number of hydrogen-bond acceptors (Lipinski definition) is 6. The van der Waals surface area contributed by atoms with Gasteiger partial charge in [-0.25, -0.2) is 18.7 Å². The van der Waals surface area contributed by atoms with Gasteiger partial charge in [-0.1, -0.05) is 6.07 Å². The van der Waals surface area contributed by atoms with Crippen LogP contribution >= 0.6 is 0 Å². The molecule has 4 heterocycles. The lowest BCUT2D eigenvalue weighted by Crippen LogP contribution is -2.36. The molecule has 5 rings (SSSR count). The molecule has 2 fully saturated rings. The lowest BCUT2D eigenvalue weighted by Gasteiger charge is -2.30. The van der Waals surface area contributed by atoms with Gasteiger partial charge in [0.25, 0.3) is 0 Å². The van der Waals surface area contributed by atoms with Crippen molar-refractivity contribution in [2.24, 2.45) is 0 Å². The predicted molar refractivity (Wildman–Crippen MR) is 123 cm³/mol. The van der Waals surface area contributed by atoms with E-state index < -0.39 is 11.6 Å². The molecule has 168 valence electrons. The van der Waals surface area contributed by atoms with Gasteiger partial charge in [0.1, 0.15) is 29.1 Å². The number of anilines is 4. The van der Waals surface area contributed by atoms with Gasteiger partial charge in [-0.3, -0.25) is 0 Å². The first kappa shape index (κ1) is 20.9. The van der Waals surface area contributed by atoms with Gasteiger partial charge in [0.05, 0.1) is 29.8 Å². The summed E-state index contributed by atoms with van der Waals surface area (Å²) in [5.74, 6) is 0.964. The van der Waals surface area contributed by atoms with E-state index in [0.29, 0.717) is 30.2 Å². The quantitative estimate of drug-likeness (QED) is 0.631. The zero-order valence-corrected chi connectivity index (χ0v) is 18.2. The van der Waals surface area contributed by atoms with Crippen LogP contribution in [0.1, 0.15) is 24.8 Å². The van der Waals surface area contributed by atoms with E-state index in [0.717, 1.165) is 62.3 Å². The fourth-order valence-electron chi connectivity index (χ4n) is 4.55. The molecule has 1 N–H and O–H groups in total. The van der Waals surface area contributed by atoms with Crippen LogP contribution in [0.3, 0.4) is 0 Å². The second-order valence-corrected chi connectivity index (χ2v) is 8.37. The summed E-state index contributed by atoms with van der Waals surface area (Å²) in [6.45, 7) is 6.62. The summed E-state index contributed by atoms with van der Waals surface area (Å²) in [5.41, 5.74) is 1.73. The molecule has 0 bridgehead atoms. The number of ether oxygens (including phenoxy) is 1. The van der Waals surface area contributed by atoms with Crippen molar-refractivity contribution in [2.45, 2.75) is 26.2 Å². The van der Waals surface area contributed by atoms with Crippen LogP contribution in [-0.2, 0) is 4.74 Å². The van der Waals surface area contributed by atoms with Crippen molar-refractivity contribution >= 4 is 34.0 Å². The highest BCUT2D eigenvalue weighted by Gasteiger charge is 2.22. The van der Waals surface area contributed by atoms with E-state index in [1.54, 1.807) is 0 Å². The molecule has 2 aliphatic rings. The first-order valence-corrected chi connectivity index (χ1v) is 11.2. The zero-order valence-electron chi connectivity index (χ0n) is 18.2. The fraction of sp³-hybridized carbons (Fsp3) is 0.417. The van der Waals surface area contributed by atoms with Gasteiger partial charge < -0.3 is 19.9 Å². The largest absolute Gasteiger partial charge is 0.378 e. The highest BCUT2D eigenvalue weighted by Crippen LogP contribution is 2.37. The number of rotatable bonds is 4. The zero-order chi connectivity index (χ0) is 22.1. The Balaban J connectivity index is 1.58. The summed E-state index contributed by atoms with van der Waals surface area (Å²) < 4.78 is 34.4. The maximum Gasteiger partial charge on any atom is 0.137 e. The minimum Gasteiger partial charge on any atom is -0.378 e. The summed E-state index contributed by atoms with van der Waals surface area (Å²) in [7, 11) is 0. The molecule has 8 heteroatoms. The van der Waals surface area contributed by atoms with Gasteiger partial charge >= 0.3 is 0 Å². The van der Waals surface area contributed by atoms with Crippen LogP contribution in [0.25, 0.3) is 10.9 Å². The van der Waals surface area contributed by atoms with Crippen molar-refractivity contribution in [3.05, 3.63) is 47.5 Å². The summed E-state index contributed by atoms with van der Waals surface area (Å²) in [6, 6.07) is 7.96. The van der Waals surface area contributed by atoms with E-state index in [4.69, 9.17) is 9.72 Å². The molecule has 2 saturated heterocycles. The molecule has 0 atom stereocenters. The van der Waals surface area contributed by atoms with Gasteiger partial charge in [0.2, 0.25) is 0 Å². The predicted octanol–water partition coefficient (Wildman–Crippen LogP) is 4.79. The Morgan fingerprint density at radius 2 is 1.72 bits per heavy atom. The van der Waals surface area contributed by atoms with Crippen molar-refractivity contribution in [3.8, 4) is 0 Å². The van der Waals surface area contributed by atoms with Crippen LogP contribution in [-0.4, -0.2) is 49.4 Å². The molecule has 3 aromatic rings. The molecule has 2 aliphatic heterocycles. The SMILES string of the molecule is Cc1c(N2CCCCC2)nc2cc(F)cc(F)c2c1Nc1cccc(N2CCOCC2)n1. The lowest BCUT2D eigenvalue weighted by molar-refractivity contribution is 0.122. The molecule has 6 nitrogen and oxygen atoms in total. The van der Waals surface area contributed by atoms with Crippen LogP contribution < -0.4 is 15.1 Å². The van der Waals surface area contributed by atoms with Crippen molar-refractivity contribution in [3.63, 3.8) is 0 Å². The first-order chi connectivity index (χ1) is 15.6. The Labute approximate surface area is 186 Å². The fourth-order valence-corrected chi connectivity index (χ4v) is 4.55. The molecule has 0 saturated carbocycles. The molecule has 0 aliphatic carbocycles. The van der Waals surface area contributed by atoms with E-state index in [2.05, 4.69) is 20.1 Å². The van der Waals surface area contributed by atoms with E-state index in [9.17, 15) is 8.78 Å². The molecule has 0 spiro atoms. The van der Waals surface area contributed by atoms with Gasteiger partial charge in [-0.2, -0.15) is 0 Å². The Bertz CT molecular complexity index is 1130. The number of morpholine rings is 1. The highest BCUT2D eigenvalue weighted by molar-refractivity contribution is 5.97. The van der Waals surface area contributed by atoms with E-state index in [1.165, 1.54) is 12.5 Å². The van der Waals surface area contributed by atoms with Gasteiger partial charge in [0, 0.05) is 43.9 Å². The summed E-state index contributed by atoms with van der Waals surface area (Å²) in [5, 5.41) is 3.62. The van der Waals surface area contributed by atoms with Crippen molar-refractivity contribution in [2.75, 3.05) is 54.5 Å². The summed E-state index contributed by atoms with van der Waals surface area (Å²) in [6.07, 6.45) is 3.36. The van der Waals surface area contributed by atoms with Crippen LogP contribution in [0.15, 0.2) is 30.3 Å². The standard InChI is InChI=1S/C24H27F2N5O/c1-16-23(29-20-6-5-7-21(28-20)30-10-12-32-13-11-30)22-18(26)14-17(25)15-19(22)27-24(16)31-8-3-2-4-9-31/h5-7,14-15H,2-4,8-13H2,1H3,(H,27,28,29). The monoisotopic (exact) mass is 439 g/mol. The maximum absolute atomic E-state index is 15.0. The molecule has 1 aromatic carbocycles. The highest BCUT2D eigenvalue weighted by atomic mass is 19.1. The molecule has 32 heavy (non-hydrogen) atoms. The van der Waals surface area contributed by atoms with Crippen molar-refractivity contribution < 1.29 is 13.5 Å². The smallest absolute Gasteiger partial charge is 0.137 e. The third-order valence-corrected chi connectivity index (χ3v) is 6.20. The number of halogens is 2. The average molecular weight is 440 g/mol. The molecule has 0 radical (unpaired) electrons. The van der Waals surface area contributed by atoms with Gasteiger partial charge in [-0.15, -0.1) is 0 Å². The third kappa shape index (κ3) is 4.07. The Morgan fingerprint density at radius 1 is 0.938 bits per heavy atom. The van der Waals surface area contributed by atoms with Gasteiger partial charge in [-0.05, 0) is 38.3 Å². The third-order valence-electron chi connectivity index (χ3n) is 6.20. The number of fused-ring (bicyclic) bond motifs is 1. The van der Waals surface area contributed by atoms with E-state index >= 15 is 0 Å². The van der Waals surface area contributed by atoms with Crippen LogP contribution in [0.2, 0.25) is 0 Å². The average Bonchev–Trinajstić information content (AvgIpc) is 2.82. The lowest BCUT2D eigenvalue weighted by atomic mass is 10.1. The van der Waals surface area contributed by atoms with Crippen LogP contribution in [0.5, 0.6) is 0 Å². The normalized spacial score (nSPS) is 17.1. The number of aromatic nitrogens is 2. The second-order valence-electron chi connectivity index (χ2n) is 8.37. The van der Waals surface area contributed by atoms with Crippen molar-refractivity contribution in [1.29, 1.82) is 0 Å². The second kappa shape index (κ2) is 8.86. The molecular weight excluding hydrogens is 412 g/mol. The number of nitrogens with zero attached hydrogens (tertiary/aromatic N) is 4. The van der Waals surface area contributed by atoms with Crippen LogP contribution in [0, 0.1) is 18.6 Å². The van der Waals surface area contributed by atoms with Crippen LogP contribution in [0.4, 0.5) is 31.9 Å². The number of hydrogen-bond donors (Lipinski definition) is 1. The van der Waals surface area contributed by atoms with E-state index in [1.807, 2.05) is 25.1 Å². The number of benzene rings is 1. The first-order valence-electron chi connectivity index (χ1n) is 11.2. The minimum absolute atomic E-state index is 0.281. The maximum atomic E-state index is 15.0. The number of nitrogens with one attached hydrogen (secondary N) is 1. The minimum atomic E-state index is -0.632. The number of pyridine rings is 2. The Hall–Kier alpha value is -3.00. The summed E-state index contributed by atoms with van der Waals surface area (Å²) >= 11 is 0. The number of piperidine rings is 1. The van der Waals surface area contributed by atoms with Gasteiger partial charge in [0.15, 0.2) is 0 Å².